The lowest BCUT2D eigenvalue weighted by atomic mass is 10.1. The highest BCUT2D eigenvalue weighted by Crippen LogP contribution is 2.10. The van der Waals surface area contributed by atoms with Crippen LogP contribution in [0.1, 0.15) is 11.1 Å². The molecule has 3 nitrogen and oxygen atoms in total. The third-order valence-corrected chi connectivity index (χ3v) is 3.13. The lowest BCUT2D eigenvalue weighted by Gasteiger charge is -2.07. The summed E-state index contributed by atoms with van der Waals surface area (Å²) >= 11 is 5.77. The van der Waals surface area contributed by atoms with Gasteiger partial charge in [-0.2, -0.15) is 0 Å². The zero-order chi connectivity index (χ0) is 15.1. The summed E-state index contributed by atoms with van der Waals surface area (Å²) in [5, 5.41) is 3.29. The maximum Gasteiger partial charge on any atom is 0.407 e. The van der Waals surface area contributed by atoms with Crippen molar-refractivity contribution in [1.29, 1.82) is 0 Å². The van der Waals surface area contributed by atoms with Gasteiger partial charge in [0.1, 0.15) is 12.4 Å². The van der Waals surface area contributed by atoms with Gasteiger partial charge in [0.2, 0.25) is 0 Å². The molecule has 0 fully saturated rings. The smallest absolute Gasteiger partial charge is 0.407 e. The molecule has 1 N–H and O–H groups in total. The fourth-order valence-electron chi connectivity index (χ4n) is 1.74. The first kappa shape index (κ1) is 15.3. The van der Waals surface area contributed by atoms with Crippen molar-refractivity contribution in [3.05, 3.63) is 70.5 Å². The predicted molar refractivity (Wildman–Crippen MR) is 79.7 cm³/mol. The maximum atomic E-state index is 12.7. The predicted octanol–water partition coefficient (Wildman–Crippen LogP) is 3.95. The summed E-state index contributed by atoms with van der Waals surface area (Å²) < 4.78 is 17.8. The van der Waals surface area contributed by atoms with E-state index in [-0.39, 0.29) is 12.4 Å². The Labute approximate surface area is 127 Å². The van der Waals surface area contributed by atoms with Gasteiger partial charge in [0.15, 0.2) is 0 Å². The van der Waals surface area contributed by atoms with Gasteiger partial charge in [0, 0.05) is 11.6 Å². The van der Waals surface area contributed by atoms with Crippen LogP contribution in [0.25, 0.3) is 0 Å². The van der Waals surface area contributed by atoms with Gasteiger partial charge in [-0.25, -0.2) is 9.18 Å². The fraction of sp³-hybridized carbons (Fsp3) is 0.188. The van der Waals surface area contributed by atoms with Crippen LogP contribution >= 0.6 is 11.6 Å². The minimum Gasteiger partial charge on any atom is -0.445 e. The van der Waals surface area contributed by atoms with Crippen LogP contribution in [0.2, 0.25) is 5.02 Å². The molecule has 0 heterocycles. The fourth-order valence-corrected chi connectivity index (χ4v) is 1.87. The van der Waals surface area contributed by atoms with Gasteiger partial charge in [-0.1, -0.05) is 35.9 Å². The number of ether oxygens (including phenoxy) is 1. The highest BCUT2D eigenvalue weighted by atomic mass is 35.5. The van der Waals surface area contributed by atoms with E-state index >= 15 is 0 Å². The van der Waals surface area contributed by atoms with Gasteiger partial charge in [-0.15, -0.1) is 0 Å². The number of benzene rings is 2. The van der Waals surface area contributed by atoms with E-state index in [4.69, 9.17) is 16.3 Å². The molecule has 110 valence electrons. The second-order valence-corrected chi connectivity index (χ2v) is 4.94. The first-order valence-corrected chi connectivity index (χ1v) is 6.91. The largest absolute Gasteiger partial charge is 0.445 e. The van der Waals surface area contributed by atoms with E-state index < -0.39 is 6.09 Å². The standard InChI is InChI=1S/C16H15ClFNO2/c17-14-5-1-13(2-6-14)11-21-16(20)19-10-9-12-3-7-15(18)8-4-12/h1-8H,9-11H2,(H,19,20). The van der Waals surface area contributed by atoms with Crippen molar-refractivity contribution in [2.75, 3.05) is 6.54 Å². The van der Waals surface area contributed by atoms with E-state index in [2.05, 4.69) is 5.32 Å². The summed E-state index contributed by atoms with van der Waals surface area (Å²) in [4.78, 5) is 11.5. The molecule has 0 aromatic heterocycles. The lowest BCUT2D eigenvalue weighted by molar-refractivity contribution is 0.140. The van der Waals surface area contributed by atoms with Crippen molar-refractivity contribution in [2.24, 2.45) is 0 Å². The van der Waals surface area contributed by atoms with Gasteiger partial charge in [-0.3, -0.25) is 0 Å². The van der Waals surface area contributed by atoms with Crippen LogP contribution in [0.4, 0.5) is 9.18 Å². The van der Waals surface area contributed by atoms with Crippen LogP contribution < -0.4 is 5.32 Å². The van der Waals surface area contributed by atoms with E-state index in [0.717, 1.165) is 11.1 Å². The third-order valence-electron chi connectivity index (χ3n) is 2.88. The number of carbonyl (C=O) groups is 1. The summed E-state index contributed by atoms with van der Waals surface area (Å²) in [6, 6.07) is 13.3. The van der Waals surface area contributed by atoms with Gasteiger partial charge >= 0.3 is 6.09 Å². The highest BCUT2D eigenvalue weighted by Gasteiger charge is 2.02. The van der Waals surface area contributed by atoms with Crippen LogP contribution in [0.5, 0.6) is 0 Å². The van der Waals surface area contributed by atoms with E-state index in [0.29, 0.717) is 18.0 Å². The Morgan fingerprint density at radius 1 is 1.05 bits per heavy atom. The van der Waals surface area contributed by atoms with E-state index in [1.54, 1.807) is 36.4 Å². The Kier molecular flexibility index (Phi) is 5.58. The zero-order valence-electron chi connectivity index (χ0n) is 11.3. The summed E-state index contributed by atoms with van der Waals surface area (Å²) in [5.41, 5.74) is 1.82. The lowest BCUT2D eigenvalue weighted by Crippen LogP contribution is -2.26. The van der Waals surface area contributed by atoms with E-state index in [1.165, 1.54) is 12.1 Å². The molecule has 0 aliphatic carbocycles. The number of halogens is 2. The number of nitrogens with one attached hydrogen (secondary N) is 1. The van der Waals surface area contributed by atoms with Crippen molar-refractivity contribution in [1.82, 2.24) is 5.32 Å². The zero-order valence-corrected chi connectivity index (χ0v) is 12.1. The topological polar surface area (TPSA) is 38.3 Å². The minimum absolute atomic E-state index is 0.194. The van der Waals surface area contributed by atoms with Crippen LogP contribution in [0.3, 0.4) is 0 Å². The number of amides is 1. The molecule has 0 spiro atoms. The molecule has 1 amide bonds. The number of rotatable bonds is 5. The van der Waals surface area contributed by atoms with Crippen LogP contribution in [0, 0.1) is 5.82 Å². The quantitative estimate of drug-likeness (QED) is 0.908. The second-order valence-electron chi connectivity index (χ2n) is 4.51. The monoisotopic (exact) mass is 307 g/mol. The van der Waals surface area contributed by atoms with Crippen LogP contribution in [0.15, 0.2) is 48.5 Å². The average Bonchev–Trinajstić information content (AvgIpc) is 2.49. The molecular formula is C16H15ClFNO2. The molecule has 2 rings (SSSR count). The molecule has 0 radical (unpaired) electrons. The minimum atomic E-state index is -0.480. The van der Waals surface area contributed by atoms with Gasteiger partial charge in [0.25, 0.3) is 0 Å². The molecule has 21 heavy (non-hydrogen) atoms. The van der Waals surface area contributed by atoms with E-state index in [1.807, 2.05) is 0 Å². The molecular weight excluding hydrogens is 293 g/mol. The molecule has 0 aliphatic heterocycles. The molecule has 0 saturated carbocycles. The molecule has 5 heteroatoms. The summed E-state index contributed by atoms with van der Waals surface area (Å²) in [5.74, 6) is -0.269. The van der Waals surface area contributed by atoms with Gasteiger partial charge in [-0.05, 0) is 41.8 Å². The third kappa shape index (κ3) is 5.44. The van der Waals surface area contributed by atoms with Crippen LogP contribution in [-0.2, 0) is 17.8 Å². The molecule has 0 aliphatic rings. The second kappa shape index (κ2) is 7.64. The molecule has 2 aromatic rings. The number of hydrogen-bond acceptors (Lipinski definition) is 2. The average molecular weight is 308 g/mol. The number of carbonyl (C=O) groups excluding carboxylic acids is 1. The molecule has 0 atom stereocenters. The number of hydrogen-bond donors (Lipinski definition) is 1. The molecule has 0 bridgehead atoms. The first-order chi connectivity index (χ1) is 10.1. The normalized spacial score (nSPS) is 10.2. The van der Waals surface area contributed by atoms with Crippen LogP contribution in [-0.4, -0.2) is 12.6 Å². The Balaban J connectivity index is 1.67. The molecule has 0 unspecified atom stereocenters. The summed E-state index contributed by atoms with van der Waals surface area (Å²) in [6.07, 6.45) is 0.142. The van der Waals surface area contributed by atoms with Crippen molar-refractivity contribution in [3.63, 3.8) is 0 Å². The molecule has 2 aromatic carbocycles. The maximum absolute atomic E-state index is 12.7. The van der Waals surface area contributed by atoms with Crippen molar-refractivity contribution in [3.8, 4) is 0 Å². The van der Waals surface area contributed by atoms with Crippen molar-refractivity contribution >= 4 is 17.7 Å². The van der Waals surface area contributed by atoms with E-state index in [9.17, 15) is 9.18 Å². The summed E-state index contributed by atoms with van der Waals surface area (Å²) in [6.45, 7) is 0.630. The van der Waals surface area contributed by atoms with Crippen molar-refractivity contribution < 1.29 is 13.9 Å². The highest BCUT2D eigenvalue weighted by molar-refractivity contribution is 6.30. The Morgan fingerprint density at radius 2 is 1.67 bits per heavy atom. The first-order valence-electron chi connectivity index (χ1n) is 6.53. The Bertz CT molecular complexity index is 584. The Hall–Kier alpha value is -2.07. The van der Waals surface area contributed by atoms with Gasteiger partial charge < -0.3 is 10.1 Å². The number of alkyl carbamates (subject to hydrolysis) is 1. The SMILES string of the molecule is O=C(NCCc1ccc(F)cc1)OCc1ccc(Cl)cc1. The van der Waals surface area contributed by atoms with Gasteiger partial charge in [0.05, 0.1) is 0 Å². The molecule has 0 saturated heterocycles. The Morgan fingerprint density at radius 3 is 2.33 bits per heavy atom. The van der Waals surface area contributed by atoms with Crippen molar-refractivity contribution in [2.45, 2.75) is 13.0 Å². The summed E-state index contributed by atoms with van der Waals surface area (Å²) in [7, 11) is 0.